The quantitative estimate of drug-likeness (QED) is 0.422. The molecule has 0 saturated carbocycles. The summed E-state index contributed by atoms with van der Waals surface area (Å²) in [6.45, 7) is 0.522. The monoisotopic (exact) mass is 488 g/mol. The van der Waals surface area contributed by atoms with E-state index >= 15 is 0 Å². The Balaban J connectivity index is 1.58. The fourth-order valence-electron chi connectivity index (χ4n) is 2.58. The maximum Gasteiger partial charge on any atom is 0.209 e. The number of nitrogens with zero attached hydrogens (tertiary/aromatic N) is 6. The van der Waals surface area contributed by atoms with Crippen molar-refractivity contribution in [1.82, 2.24) is 30.0 Å². The molecular formula is C18H14Br2N6O. The summed E-state index contributed by atoms with van der Waals surface area (Å²) in [6.07, 6.45) is 1.72. The Bertz CT molecular complexity index is 1070. The molecule has 9 heteroatoms. The van der Waals surface area contributed by atoms with Gasteiger partial charge < -0.3 is 4.74 Å². The van der Waals surface area contributed by atoms with Gasteiger partial charge in [0, 0.05) is 4.47 Å². The Morgan fingerprint density at radius 2 is 1.89 bits per heavy atom. The molecule has 27 heavy (non-hydrogen) atoms. The molecule has 0 unspecified atom stereocenters. The molecule has 0 saturated heterocycles. The summed E-state index contributed by atoms with van der Waals surface area (Å²) in [4.78, 5) is 1.56. The van der Waals surface area contributed by atoms with Crippen LogP contribution in [0.3, 0.4) is 0 Å². The predicted molar refractivity (Wildman–Crippen MR) is 108 cm³/mol. The molecule has 2 aromatic carbocycles. The van der Waals surface area contributed by atoms with Gasteiger partial charge in [-0.1, -0.05) is 34.1 Å². The molecule has 0 spiro atoms. The molecule has 0 aliphatic carbocycles. The van der Waals surface area contributed by atoms with Crippen LogP contribution in [0.25, 0.3) is 17.1 Å². The highest BCUT2D eigenvalue weighted by atomic mass is 79.9. The van der Waals surface area contributed by atoms with Crippen molar-refractivity contribution >= 4 is 31.9 Å². The average molecular weight is 490 g/mol. The van der Waals surface area contributed by atoms with E-state index in [0.717, 1.165) is 31.6 Å². The Hall–Kier alpha value is -2.52. The van der Waals surface area contributed by atoms with Gasteiger partial charge in [0.25, 0.3) is 0 Å². The lowest BCUT2D eigenvalue weighted by Gasteiger charge is -2.03. The first-order valence-corrected chi connectivity index (χ1v) is 9.63. The maximum atomic E-state index is 5.17. The predicted octanol–water partition coefficient (Wildman–Crippen LogP) is 4.11. The molecule has 4 rings (SSSR count). The van der Waals surface area contributed by atoms with Gasteiger partial charge in [-0.25, -0.2) is 4.68 Å². The highest BCUT2D eigenvalue weighted by molar-refractivity contribution is 9.10. The first-order valence-electron chi connectivity index (χ1n) is 8.04. The molecule has 0 atom stereocenters. The van der Waals surface area contributed by atoms with Crippen molar-refractivity contribution in [2.24, 2.45) is 0 Å². The van der Waals surface area contributed by atoms with Crippen LogP contribution in [0.5, 0.6) is 5.75 Å². The van der Waals surface area contributed by atoms with Crippen molar-refractivity contribution in [2.45, 2.75) is 6.54 Å². The van der Waals surface area contributed by atoms with E-state index in [1.54, 1.807) is 22.8 Å². The molecule has 0 fully saturated rings. The second kappa shape index (κ2) is 7.61. The van der Waals surface area contributed by atoms with Crippen molar-refractivity contribution in [2.75, 3.05) is 7.11 Å². The number of aromatic nitrogens is 6. The van der Waals surface area contributed by atoms with Crippen LogP contribution in [-0.2, 0) is 6.54 Å². The van der Waals surface area contributed by atoms with Gasteiger partial charge in [-0.15, -0.1) is 10.2 Å². The van der Waals surface area contributed by atoms with E-state index in [1.807, 2.05) is 48.5 Å². The van der Waals surface area contributed by atoms with E-state index in [2.05, 4.69) is 52.4 Å². The van der Waals surface area contributed by atoms with E-state index < -0.39 is 0 Å². The fourth-order valence-corrected chi connectivity index (χ4v) is 3.55. The second-order valence-corrected chi connectivity index (χ2v) is 7.40. The van der Waals surface area contributed by atoms with Gasteiger partial charge in [0.05, 0.1) is 31.1 Å². The smallest absolute Gasteiger partial charge is 0.209 e. The van der Waals surface area contributed by atoms with Crippen molar-refractivity contribution in [1.29, 1.82) is 0 Å². The Kier molecular flexibility index (Phi) is 5.04. The molecule has 136 valence electrons. The lowest BCUT2D eigenvalue weighted by molar-refractivity contribution is 0.414. The van der Waals surface area contributed by atoms with Crippen LogP contribution in [-0.4, -0.2) is 37.1 Å². The number of ether oxygens (including phenoxy) is 1. The van der Waals surface area contributed by atoms with Gasteiger partial charge in [-0.05, 0) is 57.0 Å². The largest absolute Gasteiger partial charge is 0.497 e. The lowest BCUT2D eigenvalue weighted by atomic mass is 10.2. The number of benzene rings is 2. The van der Waals surface area contributed by atoms with E-state index in [-0.39, 0.29) is 0 Å². The summed E-state index contributed by atoms with van der Waals surface area (Å²) in [5.74, 6) is 1.33. The Morgan fingerprint density at radius 1 is 1.07 bits per heavy atom. The van der Waals surface area contributed by atoms with E-state index in [1.165, 1.54) is 0 Å². The van der Waals surface area contributed by atoms with E-state index in [9.17, 15) is 0 Å². The zero-order valence-electron chi connectivity index (χ0n) is 14.3. The van der Waals surface area contributed by atoms with E-state index in [4.69, 9.17) is 4.74 Å². The third-order valence-electron chi connectivity index (χ3n) is 3.94. The number of hydrogen-bond acceptors (Lipinski definition) is 5. The van der Waals surface area contributed by atoms with Crippen molar-refractivity contribution in [3.05, 3.63) is 69.4 Å². The molecule has 7 nitrogen and oxygen atoms in total. The molecule has 2 aromatic heterocycles. The SMILES string of the molecule is COc1ccc(Cn2nnc(-c3cnn(-c4cccc(Br)c4)c3Br)n2)cc1. The van der Waals surface area contributed by atoms with Crippen molar-refractivity contribution in [3.63, 3.8) is 0 Å². The molecule has 0 bridgehead atoms. The molecule has 0 radical (unpaired) electrons. The third-order valence-corrected chi connectivity index (χ3v) is 5.20. The summed E-state index contributed by atoms with van der Waals surface area (Å²) in [7, 11) is 1.65. The number of rotatable bonds is 5. The highest BCUT2D eigenvalue weighted by Gasteiger charge is 2.16. The van der Waals surface area contributed by atoms with Crippen LogP contribution >= 0.6 is 31.9 Å². The normalized spacial score (nSPS) is 10.9. The van der Waals surface area contributed by atoms with Gasteiger partial charge >= 0.3 is 0 Å². The standard InChI is InChI=1S/C18H14Br2N6O/c1-27-15-7-5-12(6-8-15)11-25-23-18(22-24-25)16-10-21-26(17(16)20)14-4-2-3-13(19)9-14/h2-10H,11H2,1H3. The number of hydrogen-bond donors (Lipinski definition) is 0. The van der Waals surface area contributed by atoms with Gasteiger partial charge in [0.1, 0.15) is 10.4 Å². The zero-order valence-corrected chi connectivity index (χ0v) is 17.4. The van der Waals surface area contributed by atoms with Crippen LogP contribution < -0.4 is 4.74 Å². The Labute approximate surface area is 172 Å². The number of methoxy groups -OCH3 is 1. The molecule has 0 amide bonds. The fraction of sp³-hybridized carbons (Fsp3) is 0.111. The molecule has 0 aliphatic heterocycles. The molecule has 4 aromatic rings. The second-order valence-electron chi connectivity index (χ2n) is 5.73. The van der Waals surface area contributed by atoms with Crippen LogP contribution in [0.2, 0.25) is 0 Å². The highest BCUT2D eigenvalue weighted by Crippen LogP contribution is 2.28. The first-order chi connectivity index (χ1) is 13.1. The van der Waals surface area contributed by atoms with Gasteiger partial charge in [0.2, 0.25) is 5.82 Å². The number of halogens is 2. The summed E-state index contributed by atoms with van der Waals surface area (Å²) < 4.78 is 8.70. The molecular weight excluding hydrogens is 476 g/mol. The third kappa shape index (κ3) is 3.79. The van der Waals surface area contributed by atoms with Crippen molar-refractivity contribution < 1.29 is 4.74 Å². The zero-order chi connectivity index (χ0) is 18.8. The van der Waals surface area contributed by atoms with Crippen LogP contribution in [0, 0.1) is 0 Å². The van der Waals surface area contributed by atoms with Crippen LogP contribution in [0.4, 0.5) is 0 Å². The summed E-state index contributed by atoms with van der Waals surface area (Å²) in [6, 6.07) is 15.6. The minimum Gasteiger partial charge on any atom is -0.497 e. The van der Waals surface area contributed by atoms with Crippen LogP contribution in [0.1, 0.15) is 5.56 Å². The topological polar surface area (TPSA) is 70.7 Å². The van der Waals surface area contributed by atoms with Gasteiger partial charge in [-0.3, -0.25) is 0 Å². The van der Waals surface area contributed by atoms with Gasteiger partial charge in [-0.2, -0.15) is 9.90 Å². The summed E-state index contributed by atoms with van der Waals surface area (Å²) in [5, 5.41) is 17.2. The maximum absolute atomic E-state index is 5.17. The van der Waals surface area contributed by atoms with Crippen LogP contribution in [0.15, 0.2) is 63.8 Å². The minimum atomic E-state index is 0.511. The van der Waals surface area contributed by atoms with Crippen molar-refractivity contribution in [3.8, 4) is 22.8 Å². The van der Waals surface area contributed by atoms with E-state index in [0.29, 0.717) is 12.4 Å². The summed E-state index contributed by atoms with van der Waals surface area (Å²) >= 11 is 7.07. The summed E-state index contributed by atoms with van der Waals surface area (Å²) in [5.41, 5.74) is 2.76. The molecule has 2 heterocycles. The minimum absolute atomic E-state index is 0.511. The molecule has 0 N–H and O–H groups in total. The van der Waals surface area contributed by atoms with Gasteiger partial charge in [0.15, 0.2) is 0 Å². The first kappa shape index (κ1) is 17.9. The number of tetrazole rings is 1. The lowest BCUT2D eigenvalue weighted by Crippen LogP contribution is -2.04. The Morgan fingerprint density at radius 3 is 2.63 bits per heavy atom. The average Bonchev–Trinajstić information content (AvgIpc) is 3.28. The molecule has 0 aliphatic rings.